The molecule has 0 spiro atoms. The molecule has 0 aliphatic rings. The molecule has 0 aliphatic heterocycles. The van der Waals surface area contributed by atoms with Crippen molar-refractivity contribution in [3.63, 3.8) is 0 Å². The molecule has 1 unspecified atom stereocenters. The number of nitrogens with one attached hydrogen (secondary N) is 2. The molecule has 1 aromatic rings. The normalized spacial score (nSPS) is 11.8. The van der Waals surface area contributed by atoms with Crippen LogP contribution in [0.4, 0.5) is 0 Å². The second kappa shape index (κ2) is 8.38. The van der Waals surface area contributed by atoms with Crippen molar-refractivity contribution < 1.29 is 9.53 Å². The van der Waals surface area contributed by atoms with Gasteiger partial charge in [0, 0.05) is 12.6 Å². The van der Waals surface area contributed by atoms with Crippen LogP contribution in [0.15, 0.2) is 30.9 Å². The third kappa shape index (κ3) is 5.05. The first-order chi connectivity index (χ1) is 9.58. The summed E-state index contributed by atoms with van der Waals surface area (Å²) >= 11 is 0. The van der Waals surface area contributed by atoms with Crippen LogP contribution < -0.4 is 15.4 Å². The van der Waals surface area contributed by atoms with Gasteiger partial charge in [-0.25, -0.2) is 0 Å². The van der Waals surface area contributed by atoms with Crippen molar-refractivity contribution in [3.05, 3.63) is 42.0 Å². The maximum atomic E-state index is 11.5. The van der Waals surface area contributed by atoms with Crippen LogP contribution in [0.2, 0.25) is 0 Å². The van der Waals surface area contributed by atoms with Gasteiger partial charge in [0.1, 0.15) is 5.75 Å². The molecule has 0 fully saturated rings. The van der Waals surface area contributed by atoms with Crippen molar-refractivity contribution in [2.45, 2.75) is 26.8 Å². The maximum Gasteiger partial charge on any atom is 0.258 e. The number of carbonyl (C=O) groups excluding carboxylic acids is 1. The van der Waals surface area contributed by atoms with E-state index in [2.05, 4.69) is 37.1 Å². The highest BCUT2D eigenvalue weighted by atomic mass is 16.5. The molecule has 2 N–H and O–H groups in total. The quantitative estimate of drug-likeness (QED) is 0.717. The van der Waals surface area contributed by atoms with Crippen molar-refractivity contribution in [1.29, 1.82) is 0 Å². The van der Waals surface area contributed by atoms with Crippen molar-refractivity contribution in [2.75, 3.05) is 19.7 Å². The average molecular weight is 276 g/mol. The summed E-state index contributed by atoms with van der Waals surface area (Å²) < 4.78 is 5.52. The van der Waals surface area contributed by atoms with Crippen LogP contribution in [-0.4, -0.2) is 25.6 Å². The van der Waals surface area contributed by atoms with Gasteiger partial charge in [-0.3, -0.25) is 4.79 Å². The molecule has 1 amide bonds. The van der Waals surface area contributed by atoms with E-state index in [-0.39, 0.29) is 12.5 Å². The van der Waals surface area contributed by atoms with Crippen LogP contribution in [0, 0.1) is 6.92 Å². The number of carbonyl (C=O) groups is 1. The lowest BCUT2D eigenvalue weighted by atomic mass is 10.1. The second-order valence-electron chi connectivity index (χ2n) is 4.69. The number of aryl methyl sites for hydroxylation is 1. The molecular weight excluding hydrogens is 252 g/mol. The molecule has 1 atom stereocenters. The van der Waals surface area contributed by atoms with Crippen LogP contribution in [0.5, 0.6) is 5.75 Å². The first kappa shape index (κ1) is 16.2. The number of hydrogen-bond donors (Lipinski definition) is 2. The Balaban J connectivity index is 2.59. The Labute approximate surface area is 121 Å². The fourth-order valence-electron chi connectivity index (χ4n) is 1.91. The summed E-state index contributed by atoms with van der Waals surface area (Å²) in [6.07, 6.45) is 1.64. The Kier molecular flexibility index (Phi) is 6.81. The Morgan fingerprint density at radius 3 is 2.85 bits per heavy atom. The van der Waals surface area contributed by atoms with Gasteiger partial charge in [0.05, 0.1) is 0 Å². The summed E-state index contributed by atoms with van der Waals surface area (Å²) in [5, 5.41) is 6.04. The molecule has 0 aromatic heterocycles. The van der Waals surface area contributed by atoms with E-state index in [0.29, 0.717) is 12.6 Å². The summed E-state index contributed by atoms with van der Waals surface area (Å²) in [5.41, 5.74) is 2.25. The number of ether oxygens (including phenoxy) is 1. The zero-order chi connectivity index (χ0) is 15.0. The van der Waals surface area contributed by atoms with Gasteiger partial charge in [-0.1, -0.05) is 25.1 Å². The highest BCUT2D eigenvalue weighted by Crippen LogP contribution is 2.22. The van der Waals surface area contributed by atoms with E-state index < -0.39 is 0 Å². The van der Waals surface area contributed by atoms with Gasteiger partial charge in [-0.2, -0.15) is 0 Å². The zero-order valence-corrected chi connectivity index (χ0v) is 12.5. The molecular formula is C16H24N2O2. The minimum absolute atomic E-state index is 0.0246. The second-order valence-corrected chi connectivity index (χ2v) is 4.69. The van der Waals surface area contributed by atoms with Crippen LogP contribution >= 0.6 is 0 Å². The molecule has 0 radical (unpaired) electrons. The predicted molar refractivity (Wildman–Crippen MR) is 82.0 cm³/mol. The third-order valence-corrected chi connectivity index (χ3v) is 3.01. The van der Waals surface area contributed by atoms with Gasteiger partial charge in [-0.15, -0.1) is 6.58 Å². The lowest BCUT2D eigenvalue weighted by Gasteiger charge is -2.15. The van der Waals surface area contributed by atoms with Gasteiger partial charge in [0.15, 0.2) is 6.61 Å². The van der Waals surface area contributed by atoms with Gasteiger partial charge in [0.2, 0.25) is 0 Å². The smallest absolute Gasteiger partial charge is 0.258 e. The van der Waals surface area contributed by atoms with E-state index in [1.807, 2.05) is 19.1 Å². The number of rotatable bonds is 8. The zero-order valence-electron chi connectivity index (χ0n) is 12.5. The molecule has 1 aromatic carbocycles. The summed E-state index contributed by atoms with van der Waals surface area (Å²) in [4.78, 5) is 11.5. The van der Waals surface area contributed by atoms with Crippen molar-refractivity contribution in [2.24, 2.45) is 0 Å². The SMILES string of the molecule is C=CCNC(=O)COc1ccc(C(C)NCC)cc1C. The molecule has 0 heterocycles. The molecule has 0 bridgehead atoms. The van der Waals surface area contributed by atoms with Gasteiger partial charge < -0.3 is 15.4 Å². The third-order valence-electron chi connectivity index (χ3n) is 3.01. The van der Waals surface area contributed by atoms with Crippen LogP contribution in [0.1, 0.15) is 31.0 Å². The largest absolute Gasteiger partial charge is 0.484 e. The Morgan fingerprint density at radius 1 is 1.50 bits per heavy atom. The van der Waals surface area contributed by atoms with E-state index in [1.165, 1.54) is 5.56 Å². The molecule has 4 nitrogen and oxygen atoms in total. The molecule has 4 heteroatoms. The fourth-order valence-corrected chi connectivity index (χ4v) is 1.91. The van der Waals surface area contributed by atoms with Crippen LogP contribution in [0.3, 0.4) is 0 Å². The molecule has 20 heavy (non-hydrogen) atoms. The lowest BCUT2D eigenvalue weighted by Crippen LogP contribution is -2.28. The Bertz CT molecular complexity index is 458. The standard InChI is InChI=1S/C16H24N2O2/c1-5-9-18-16(19)11-20-15-8-7-14(10-12(15)3)13(4)17-6-2/h5,7-8,10,13,17H,1,6,9,11H2,2-4H3,(H,18,19). The van der Waals surface area contributed by atoms with Gasteiger partial charge in [-0.05, 0) is 37.6 Å². The number of benzene rings is 1. The minimum atomic E-state index is -0.144. The summed E-state index contributed by atoms with van der Waals surface area (Å²) in [6, 6.07) is 6.34. The molecule has 0 saturated carbocycles. The highest BCUT2D eigenvalue weighted by Gasteiger charge is 2.08. The van der Waals surface area contributed by atoms with Crippen molar-refractivity contribution in [3.8, 4) is 5.75 Å². The van der Waals surface area contributed by atoms with Gasteiger partial charge in [0.25, 0.3) is 5.91 Å². The first-order valence-electron chi connectivity index (χ1n) is 6.92. The van der Waals surface area contributed by atoms with E-state index in [0.717, 1.165) is 17.9 Å². The summed E-state index contributed by atoms with van der Waals surface area (Å²) in [5.74, 6) is 0.598. The number of hydrogen-bond acceptors (Lipinski definition) is 3. The molecule has 0 saturated heterocycles. The first-order valence-corrected chi connectivity index (χ1v) is 6.92. The molecule has 1 rings (SSSR count). The Morgan fingerprint density at radius 2 is 2.25 bits per heavy atom. The van der Waals surface area contributed by atoms with Crippen LogP contribution in [-0.2, 0) is 4.79 Å². The minimum Gasteiger partial charge on any atom is -0.484 e. The number of amides is 1. The van der Waals surface area contributed by atoms with E-state index in [9.17, 15) is 4.79 Å². The highest BCUT2D eigenvalue weighted by molar-refractivity contribution is 5.77. The van der Waals surface area contributed by atoms with E-state index in [4.69, 9.17) is 4.74 Å². The van der Waals surface area contributed by atoms with E-state index in [1.54, 1.807) is 6.08 Å². The monoisotopic (exact) mass is 276 g/mol. The topological polar surface area (TPSA) is 50.4 Å². The van der Waals surface area contributed by atoms with Crippen molar-refractivity contribution in [1.82, 2.24) is 10.6 Å². The van der Waals surface area contributed by atoms with E-state index >= 15 is 0 Å². The molecule has 110 valence electrons. The summed E-state index contributed by atoms with van der Waals surface area (Å²) in [6.45, 7) is 11.2. The maximum absolute atomic E-state index is 11.5. The Hall–Kier alpha value is -1.81. The lowest BCUT2D eigenvalue weighted by molar-refractivity contribution is -0.122. The van der Waals surface area contributed by atoms with Crippen molar-refractivity contribution >= 4 is 5.91 Å². The van der Waals surface area contributed by atoms with Gasteiger partial charge >= 0.3 is 0 Å². The predicted octanol–water partition coefficient (Wildman–Crippen LogP) is 2.35. The molecule has 0 aliphatic carbocycles. The average Bonchev–Trinajstić information content (AvgIpc) is 2.43. The summed E-state index contributed by atoms with van der Waals surface area (Å²) in [7, 11) is 0. The van der Waals surface area contributed by atoms with Crippen LogP contribution in [0.25, 0.3) is 0 Å². The fraction of sp³-hybridized carbons (Fsp3) is 0.438.